The zero-order chi connectivity index (χ0) is 17.3. The summed E-state index contributed by atoms with van der Waals surface area (Å²) < 4.78 is 5.16. The van der Waals surface area contributed by atoms with Gasteiger partial charge in [-0.1, -0.05) is 40.5 Å². The number of nitrogens with two attached hydrogens (primary N) is 1. The Kier molecular flexibility index (Phi) is 8.84. The van der Waals surface area contributed by atoms with E-state index in [-0.39, 0.29) is 10.00 Å². The van der Waals surface area contributed by atoms with Gasteiger partial charge < -0.3 is 10.5 Å². The lowest BCUT2D eigenvalue weighted by Gasteiger charge is -2.21. The Bertz CT molecular complexity index is 490. The van der Waals surface area contributed by atoms with Crippen molar-refractivity contribution in [1.82, 2.24) is 4.98 Å². The standard InChI is InChI=1S/C17H28N2O2S2/c1-5-6-7-14(11-21-16(18)20)22-12-13-10-19-9-8-15(13)23-17(2,3)4/h8-10,14H,5-7,11-12H2,1-4H3,(H2,18,20). The fourth-order valence-corrected chi connectivity index (χ4v) is 4.26. The van der Waals surface area contributed by atoms with Gasteiger partial charge in [-0.3, -0.25) is 4.98 Å². The van der Waals surface area contributed by atoms with Crippen LogP contribution in [0, 0.1) is 0 Å². The molecule has 1 atom stereocenters. The first-order valence-electron chi connectivity index (χ1n) is 7.97. The van der Waals surface area contributed by atoms with Gasteiger partial charge in [0.15, 0.2) is 0 Å². The number of nitrogens with zero attached hydrogens (tertiary/aromatic N) is 1. The van der Waals surface area contributed by atoms with E-state index in [4.69, 9.17) is 10.5 Å². The Hall–Kier alpha value is -0.880. The summed E-state index contributed by atoms with van der Waals surface area (Å²) in [6.45, 7) is 9.16. The number of pyridine rings is 1. The second-order valence-corrected chi connectivity index (χ2v) is 9.56. The summed E-state index contributed by atoms with van der Waals surface area (Å²) >= 11 is 3.67. The summed E-state index contributed by atoms with van der Waals surface area (Å²) in [5, 5.41) is 0.273. The molecule has 1 aromatic rings. The second-order valence-electron chi connectivity index (χ2n) is 6.40. The number of unbranched alkanes of at least 4 members (excludes halogenated alkanes) is 1. The summed E-state index contributed by atoms with van der Waals surface area (Å²) in [7, 11) is 0. The molecule has 130 valence electrons. The van der Waals surface area contributed by atoms with Crippen LogP contribution in [0.4, 0.5) is 4.79 Å². The minimum atomic E-state index is -0.697. The van der Waals surface area contributed by atoms with Gasteiger partial charge in [0.2, 0.25) is 0 Å². The molecule has 23 heavy (non-hydrogen) atoms. The number of rotatable bonds is 9. The van der Waals surface area contributed by atoms with Gasteiger partial charge in [-0.25, -0.2) is 4.79 Å². The topological polar surface area (TPSA) is 65.2 Å². The van der Waals surface area contributed by atoms with E-state index in [2.05, 4.69) is 38.7 Å². The van der Waals surface area contributed by atoms with Crippen molar-refractivity contribution in [2.75, 3.05) is 6.61 Å². The number of hydrogen-bond acceptors (Lipinski definition) is 5. The molecule has 1 aromatic heterocycles. The van der Waals surface area contributed by atoms with Crippen molar-refractivity contribution in [2.24, 2.45) is 5.73 Å². The minimum Gasteiger partial charge on any atom is -0.449 e. The molecule has 1 rings (SSSR count). The van der Waals surface area contributed by atoms with Gasteiger partial charge in [-0.15, -0.1) is 11.8 Å². The molecule has 0 saturated heterocycles. The van der Waals surface area contributed by atoms with E-state index in [0.29, 0.717) is 6.61 Å². The highest BCUT2D eigenvalue weighted by Crippen LogP contribution is 2.35. The molecule has 0 bridgehead atoms. The van der Waals surface area contributed by atoms with E-state index >= 15 is 0 Å². The van der Waals surface area contributed by atoms with Crippen LogP contribution in [0.2, 0.25) is 0 Å². The van der Waals surface area contributed by atoms with Crippen LogP contribution in [-0.4, -0.2) is 27.7 Å². The number of primary amides is 1. The summed E-state index contributed by atoms with van der Waals surface area (Å²) in [4.78, 5) is 16.4. The van der Waals surface area contributed by atoms with Crippen LogP contribution in [0.15, 0.2) is 23.4 Å². The molecule has 0 aromatic carbocycles. The average Bonchev–Trinajstić information content (AvgIpc) is 2.46. The molecule has 1 amide bonds. The van der Waals surface area contributed by atoms with Crippen molar-refractivity contribution in [1.29, 1.82) is 0 Å². The number of amides is 1. The molecular weight excluding hydrogens is 328 g/mol. The van der Waals surface area contributed by atoms with Crippen molar-refractivity contribution in [3.05, 3.63) is 24.0 Å². The predicted molar refractivity (Wildman–Crippen MR) is 100.0 cm³/mol. The molecule has 6 heteroatoms. The third-order valence-electron chi connectivity index (χ3n) is 3.04. The highest BCUT2D eigenvalue weighted by molar-refractivity contribution is 8.01. The largest absolute Gasteiger partial charge is 0.449 e. The first-order valence-corrected chi connectivity index (χ1v) is 9.84. The Balaban J connectivity index is 2.66. The maximum atomic E-state index is 10.8. The molecule has 0 aliphatic rings. The van der Waals surface area contributed by atoms with Gasteiger partial charge in [0, 0.05) is 33.0 Å². The Labute approximate surface area is 148 Å². The Morgan fingerprint density at radius 3 is 2.78 bits per heavy atom. The molecule has 0 radical (unpaired) electrons. The molecule has 0 fully saturated rings. The third-order valence-corrected chi connectivity index (χ3v) is 5.59. The summed E-state index contributed by atoms with van der Waals surface area (Å²) in [6, 6.07) is 2.08. The van der Waals surface area contributed by atoms with Crippen LogP contribution in [-0.2, 0) is 10.5 Å². The number of thioether (sulfide) groups is 2. The van der Waals surface area contributed by atoms with Crippen LogP contribution in [0.3, 0.4) is 0 Å². The predicted octanol–water partition coefficient (Wildman–Crippen LogP) is 4.86. The van der Waals surface area contributed by atoms with E-state index in [1.165, 1.54) is 10.5 Å². The molecular formula is C17H28N2O2S2. The van der Waals surface area contributed by atoms with Crippen LogP contribution in [0.25, 0.3) is 0 Å². The molecule has 0 aliphatic carbocycles. The summed E-state index contributed by atoms with van der Waals surface area (Å²) in [5.74, 6) is 0.864. The van der Waals surface area contributed by atoms with Crippen molar-refractivity contribution in [3.63, 3.8) is 0 Å². The summed E-state index contributed by atoms with van der Waals surface area (Å²) in [6.07, 6.45) is 6.36. The number of carbonyl (C=O) groups is 1. The number of ether oxygens (including phenoxy) is 1. The average molecular weight is 357 g/mol. The lowest BCUT2D eigenvalue weighted by molar-refractivity contribution is 0.156. The van der Waals surface area contributed by atoms with Gasteiger partial charge in [0.25, 0.3) is 0 Å². The van der Waals surface area contributed by atoms with E-state index in [1.54, 1.807) is 0 Å². The van der Waals surface area contributed by atoms with Crippen molar-refractivity contribution >= 4 is 29.6 Å². The van der Waals surface area contributed by atoms with Crippen molar-refractivity contribution in [3.8, 4) is 0 Å². The molecule has 0 saturated carbocycles. The maximum Gasteiger partial charge on any atom is 0.404 e. The van der Waals surface area contributed by atoms with E-state index in [1.807, 2.05) is 35.9 Å². The normalized spacial score (nSPS) is 12.9. The zero-order valence-electron chi connectivity index (χ0n) is 14.5. The highest BCUT2D eigenvalue weighted by atomic mass is 32.2. The SMILES string of the molecule is CCCCC(COC(N)=O)SCc1cnccc1SC(C)(C)C. The fraction of sp³-hybridized carbons (Fsp3) is 0.647. The monoisotopic (exact) mass is 356 g/mol. The molecule has 1 heterocycles. The first kappa shape index (κ1) is 20.2. The van der Waals surface area contributed by atoms with Gasteiger partial charge in [0.1, 0.15) is 6.61 Å². The number of carbonyl (C=O) groups excluding carboxylic acids is 1. The van der Waals surface area contributed by atoms with Crippen LogP contribution < -0.4 is 5.73 Å². The van der Waals surface area contributed by atoms with E-state index in [0.717, 1.165) is 25.0 Å². The fourth-order valence-electron chi connectivity index (χ4n) is 1.98. The molecule has 0 aliphatic heterocycles. The van der Waals surface area contributed by atoms with Crippen molar-refractivity contribution < 1.29 is 9.53 Å². The zero-order valence-corrected chi connectivity index (χ0v) is 16.1. The van der Waals surface area contributed by atoms with Gasteiger partial charge in [-0.05, 0) is 18.1 Å². The van der Waals surface area contributed by atoms with Crippen LogP contribution in [0.5, 0.6) is 0 Å². The molecule has 2 N–H and O–H groups in total. The molecule has 0 spiro atoms. The Morgan fingerprint density at radius 1 is 1.43 bits per heavy atom. The number of hydrogen-bond donors (Lipinski definition) is 1. The smallest absolute Gasteiger partial charge is 0.404 e. The van der Waals surface area contributed by atoms with Gasteiger partial charge in [-0.2, -0.15) is 11.8 Å². The van der Waals surface area contributed by atoms with Gasteiger partial charge in [0.05, 0.1) is 0 Å². The maximum absolute atomic E-state index is 10.8. The van der Waals surface area contributed by atoms with E-state index < -0.39 is 6.09 Å². The van der Waals surface area contributed by atoms with Crippen molar-refractivity contribution in [2.45, 2.75) is 67.6 Å². The quantitative estimate of drug-likeness (QED) is 0.640. The van der Waals surface area contributed by atoms with Gasteiger partial charge >= 0.3 is 6.09 Å². The lowest BCUT2D eigenvalue weighted by Crippen LogP contribution is -2.20. The summed E-state index contributed by atoms with van der Waals surface area (Å²) in [5.41, 5.74) is 6.32. The lowest BCUT2D eigenvalue weighted by atomic mass is 10.2. The number of aromatic nitrogens is 1. The Morgan fingerprint density at radius 2 is 2.17 bits per heavy atom. The minimum absolute atomic E-state index is 0.164. The van der Waals surface area contributed by atoms with Crippen LogP contribution in [0.1, 0.15) is 52.5 Å². The third kappa shape index (κ3) is 9.11. The molecule has 1 unspecified atom stereocenters. The molecule has 4 nitrogen and oxygen atoms in total. The van der Waals surface area contributed by atoms with Crippen LogP contribution >= 0.6 is 23.5 Å². The van der Waals surface area contributed by atoms with E-state index in [9.17, 15) is 4.79 Å². The second kappa shape index (κ2) is 10.1. The highest BCUT2D eigenvalue weighted by Gasteiger charge is 2.17. The first-order chi connectivity index (χ1) is 10.8.